The third-order valence-electron chi connectivity index (χ3n) is 2.41. The average Bonchev–Trinajstić information content (AvgIpc) is 2.88. The van der Waals surface area contributed by atoms with Gasteiger partial charge in [0, 0.05) is 6.54 Å². The Morgan fingerprint density at radius 2 is 1.81 bits per heavy atom. The van der Waals surface area contributed by atoms with E-state index in [0.717, 1.165) is 29.8 Å². The van der Waals surface area contributed by atoms with Gasteiger partial charge in [-0.1, -0.05) is 0 Å². The Bertz CT molecular complexity index is 680. The highest BCUT2D eigenvalue weighted by molar-refractivity contribution is 7.89. The summed E-state index contributed by atoms with van der Waals surface area (Å²) in [5.41, 5.74) is 0.806. The Hall–Kier alpha value is -1.58. The fraction of sp³-hybridized carbons (Fsp3) is 0.167. The molecule has 0 aliphatic carbocycles. The SMILES string of the molecule is O=S(=O)(NCc1ccsc1)c1ccc(OC(F)(F)F)cc1. The molecule has 1 aromatic heterocycles. The van der Waals surface area contributed by atoms with Crippen molar-refractivity contribution in [1.29, 1.82) is 0 Å². The minimum absolute atomic E-state index is 0.118. The molecule has 0 aliphatic heterocycles. The maximum absolute atomic E-state index is 12.0. The molecule has 0 saturated carbocycles. The lowest BCUT2D eigenvalue weighted by atomic mass is 10.3. The van der Waals surface area contributed by atoms with Crippen LogP contribution in [-0.4, -0.2) is 14.8 Å². The van der Waals surface area contributed by atoms with Crippen LogP contribution in [0.25, 0.3) is 0 Å². The normalized spacial score (nSPS) is 12.3. The van der Waals surface area contributed by atoms with Crippen molar-refractivity contribution in [3.05, 3.63) is 46.7 Å². The van der Waals surface area contributed by atoms with Gasteiger partial charge in [-0.15, -0.1) is 13.2 Å². The van der Waals surface area contributed by atoms with Gasteiger partial charge in [-0.2, -0.15) is 11.3 Å². The number of hydrogen-bond donors (Lipinski definition) is 1. The van der Waals surface area contributed by atoms with Crippen molar-refractivity contribution in [1.82, 2.24) is 4.72 Å². The average molecular weight is 337 g/mol. The van der Waals surface area contributed by atoms with Crippen LogP contribution in [0, 0.1) is 0 Å². The van der Waals surface area contributed by atoms with Crippen LogP contribution in [0.5, 0.6) is 5.75 Å². The van der Waals surface area contributed by atoms with Crippen LogP contribution in [0.4, 0.5) is 13.2 Å². The van der Waals surface area contributed by atoms with Gasteiger partial charge in [0.2, 0.25) is 10.0 Å². The zero-order chi connectivity index (χ0) is 15.5. The van der Waals surface area contributed by atoms with E-state index in [0.29, 0.717) is 0 Å². The predicted octanol–water partition coefficient (Wildman–Crippen LogP) is 3.13. The molecular weight excluding hydrogens is 327 g/mol. The first kappa shape index (κ1) is 15.8. The minimum atomic E-state index is -4.81. The number of hydrogen-bond acceptors (Lipinski definition) is 4. The summed E-state index contributed by atoms with van der Waals surface area (Å²) in [6.45, 7) is 0.118. The zero-order valence-electron chi connectivity index (χ0n) is 10.4. The summed E-state index contributed by atoms with van der Waals surface area (Å²) in [6.07, 6.45) is -4.81. The number of nitrogens with one attached hydrogen (secondary N) is 1. The quantitative estimate of drug-likeness (QED) is 0.912. The van der Waals surface area contributed by atoms with E-state index in [1.807, 2.05) is 5.38 Å². The summed E-state index contributed by atoms with van der Waals surface area (Å²) in [5.74, 6) is -0.473. The molecule has 0 atom stereocenters. The molecule has 2 rings (SSSR count). The number of halogens is 3. The monoisotopic (exact) mass is 337 g/mol. The molecule has 0 bridgehead atoms. The Kier molecular flexibility index (Phi) is 4.55. The van der Waals surface area contributed by atoms with E-state index in [4.69, 9.17) is 0 Å². The first-order valence-corrected chi connectivity index (χ1v) is 8.05. The van der Waals surface area contributed by atoms with Gasteiger partial charge in [-0.25, -0.2) is 13.1 Å². The Morgan fingerprint density at radius 1 is 1.14 bits per heavy atom. The first-order valence-electron chi connectivity index (χ1n) is 5.63. The fourth-order valence-corrected chi connectivity index (χ4v) is 3.16. The number of benzene rings is 1. The molecular formula is C12H10F3NO3S2. The molecule has 0 fully saturated rings. The van der Waals surface area contributed by atoms with E-state index < -0.39 is 22.1 Å². The lowest BCUT2D eigenvalue weighted by Gasteiger charge is -2.10. The summed E-state index contributed by atoms with van der Waals surface area (Å²) >= 11 is 1.44. The van der Waals surface area contributed by atoms with Crippen LogP contribution in [0.15, 0.2) is 46.0 Å². The van der Waals surface area contributed by atoms with E-state index in [1.54, 1.807) is 11.4 Å². The molecule has 4 nitrogen and oxygen atoms in total. The molecule has 0 aliphatic rings. The molecule has 0 spiro atoms. The molecule has 0 radical (unpaired) electrons. The van der Waals surface area contributed by atoms with Gasteiger partial charge in [0.25, 0.3) is 0 Å². The number of sulfonamides is 1. The summed E-state index contributed by atoms with van der Waals surface area (Å²) < 4.78 is 65.9. The van der Waals surface area contributed by atoms with Crippen LogP contribution in [0.1, 0.15) is 5.56 Å². The van der Waals surface area contributed by atoms with Gasteiger partial charge >= 0.3 is 6.36 Å². The highest BCUT2D eigenvalue weighted by Gasteiger charge is 2.31. The topological polar surface area (TPSA) is 55.4 Å². The van der Waals surface area contributed by atoms with Crippen molar-refractivity contribution >= 4 is 21.4 Å². The van der Waals surface area contributed by atoms with Crippen molar-refractivity contribution in [2.45, 2.75) is 17.8 Å². The van der Waals surface area contributed by atoms with E-state index in [9.17, 15) is 21.6 Å². The van der Waals surface area contributed by atoms with Gasteiger partial charge in [0.05, 0.1) is 4.90 Å². The molecule has 1 N–H and O–H groups in total. The van der Waals surface area contributed by atoms with Gasteiger partial charge in [-0.05, 0) is 46.7 Å². The molecule has 0 saturated heterocycles. The summed E-state index contributed by atoms with van der Waals surface area (Å²) in [4.78, 5) is -0.132. The molecule has 2 aromatic rings. The van der Waals surface area contributed by atoms with Crippen LogP contribution in [0.3, 0.4) is 0 Å². The highest BCUT2D eigenvalue weighted by atomic mass is 32.2. The van der Waals surface area contributed by atoms with E-state index in [-0.39, 0.29) is 11.4 Å². The number of alkyl halides is 3. The van der Waals surface area contributed by atoms with Gasteiger partial charge in [0.1, 0.15) is 5.75 Å². The van der Waals surface area contributed by atoms with Crippen LogP contribution in [-0.2, 0) is 16.6 Å². The van der Waals surface area contributed by atoms with Crippen LogP contribution in [0.2, 0.25) is 0 Å². The molecule has 1 aromatic carbocycles. The zero-order valence-corrected chi connectivity index (χ0v) is 12.1. The second-order valence-electron chi connectivity index (χ2n) is 3.98. The Labute approximate surface area is 123 Å². The van der Waals surface area contributed by atoms with E-state index in [1.165, 1.54) is 11.3 Å². The van der Waals surface area contributed by atoms with Crippen molar-refractivity contribution in [3.8, 4) is 5.75 Å². The number of thiophene rings is 1. The van der Waals surface area contributed by atoms with Crippen LogP contribution >= 0.6 is 11.3 Å². The predicted molar refractivity (Wildman–Crippen MR) is 71.5 cm³/mol. The standard InChI is InChI=1S/C12H10F3NO3S2/c13-12(14,15)19-10-1-3-11(4-2-10)21(17,18)16-7-9-5-6-20-8-9/h1-6,8,16H,7H2. The third-order valence-corrected chi connectivity index (χ3v) is 4.56. The third kappa shape index (κ3) is 4.73. The molecule has 114 valence electrons. The van der Waals surface area contributed by atoms with Crippen molar-refractivity contribution in [2.24, 2.45) is 0 Å². The van der Waals surface area contributed by atoms with Crippen molar-refractivity contribution in [3.63, 3.8) is 0 Å². The molecule has 0 amide bonds. The number of rotatable bonds is 5. The lowest BCUT2D eigenvalue weighted by Crippen LogP contribution is -2.23. The van der Waals surface area contributed by atoms with E-state index >= 15 is 0 Å². The first-order chi connectivity index (χ1) is 9.76. The van der Waals surface area contributed by atoms with Gasteiger partial charge in [-0.3, -0.25) is 0 Å². The maximum atomic E-state index is 12.0. The van der Waals surface area contributed by atoms with Crippen molar-refractivity contribution in [2.75, 3.05) is 0 Å². The van der Waals surface area contributed by atoms with Gasteiger partial charge in [0.15, 0.2) is 0 Å². The Balaban J connectivity index is 2.06. The second-order valence-corrected chi connectivity index (χ2v) is 6.52. The molecule has 21 heavy (non-hydrogen) atoms. The Morgan fingerprint density at radius 3 is 2.33 bits per heavy atom. The second kappa shape index (κ2) is 6.04. The summed E-state index contributed by atoms with van der Waals surface area (Å²) in [6, 6.07) is 5.78. The largest absolute Gasteiger partial charge is 0.573 e. The molecule has 1 heterocycles. The summed E-state index contributed by atoms with van der Waals surface area (Å²) in [5, 5.41) is 3.61. The fourth-order valence-electron chi connectivity index (χ4n) is 1.48. The highest BCUT2D eigenvalue weighted by Crippen LogP contribution is 2.23. The molecule has 0 unspecified atom stereocenters. The van der Waals surface area contributed by atoms with Crippen molar-refractivity contribution < 1.29 is 26.3 Å². The van der Waals surface area contributed by atoms with Crippen LogP contribution < -0.4 is 9.46 Å². The maximum Gasteiger partial charge on any atom is 0.573 e. The summed E-state index contributed by atoms with van der Waals surface area (Å²) in [7, 11) is -3.78. The van der Waals surface area contributed by atoms with E-state index in [2.05, 4.69) is 9.46 Å². The number of ether oxygens (including phenoxy) is 1. The molecule has 9 heteroatoms. The minimum Gasteiger partial charge on any atom is -0.406 e. The smallest absolute Gasteiger partial charge is 0.406 e. The van der Waals surface area contributed by atoms with Gasteiger partial charge < -0.3 is 4.74 Å². The lowest BCUT2D eigenvalue weighted by molar-refractivity contribution is -0.274.